The van der Waals surface area contributed by atoms with Crippen molar-refractivity contribution in [2.24, 2.45) is 0 Å². The number of rotatable bonds is 5. The highest BCUT2D eigenvalue weighted by Crippen LogP contribution is 2.31. The molecule has 2 heterocycles. The number of nitrogens with zero attached hydrogens (tertiary/aromatic N) is 2. The van der Waals surface area contributed by atoms with Crippen molar-refractivity contribution in [3.63, 3.8) is 0 Å². The molecule has 0 aliphatic heterocycles. The molecule has 2 rings (SSSR count). The molecule has 5 heteroatoms. The van der Waals surface area contributed by atoms with Gasteiger partial charge in [0.25, 0.3) is 0 Å². The molecule has 0 radical (unpaired) electrons. The normalized spacial score (nSPS) is 12.0. The van der Waals surface area contributed by atoms with Crippen LogP contribution in [-0.4, -0.2) is 16.5 Å². The average molecular weight is 295 g/mol. The fourth-order valence-electron chi connectivity index (χ4n) is 1.62. The zero-order valence-corrected chi connectivity index (χ0v) is 13.6. The zero-order chi connectivity index (χ0) is 13.9. The fraction of sp³-hybridized carbons (Fsp3) is 0.571. The second-order valence-electron chi connectivity index (χ2n) is 5.61. The van der Waals surface area contributed by atoms with Crippen LogP contribution in [0.15, 0.2) is 10.8 Å². The van der Waals surface area contributed by atoms with Gasteiger partial charge in [-0.2, -0.15) is 0 Å². The summed E-state index contributed by atoms with van der Waals surface area (Å²) in [6, 6.07) is 0. The van der Waals surface area contributed by atoms with Crippen LogP contribution in [0.25, 0.3) is 10.7 Å². The number of aromatic nitrogens is 2. The van der Waals surface area contributed by atoms with E-state index in [2.05, 4.69) is 48.8 Å². The van der Waals surface area contributed by atoms with Crippen LogP contribution in [0.4, 0.5) is 0 Å². The number of thiazole rings is 2. The van der Waals surface area contributed by atoms with Crippen molar-refractivity contribution in [1.82, 2.24) is 15.3 Å². The van der Waals surface area contributed by atoms with E-state index < -0.39 is 0 Å². The summed E-state index contributed by atoms with van der Waals surface area (Å²) in [6.45, 7) is 10.6. The second kappa shape index (κ2) is 6.11. The van der Waals surface area contributed by atoms with Crippen molar-refractivity contribution < 1.29 is 0 Å². The Bertz CT molecular complexity index is 523. The van der Waals surface area contributed by atoms with Gasteiger partial charge in [0.2, 0.25) is 0 Å². The molecular formula is C14H21N3S2. The van der Waals surface area contributed by atoms with Gasteiger partial charge in [0.05, 0.1) is 10.7 Å². The lowest BCUT2D eigenvalue weighted by Gasteiger charge is -2.13. The van der Waals surface area contributed by atoms with E-state index in [1.165, 1.54) is 5.01 Å². The number of hydrogen-bond acceptors (Lipinski definition) is 5. The monoisotopic (exact) mass is 295 g/mol. The third kappa shape index (κ3) is 3.84. The predicted molar refractivity (Wildman–Crippen MR) is 83.9 cm³/mol. The van der Waals surface area contributed by atoms with Gasteiger partial charge in [0.1, 0.15) is 10.7 Å². The maximum absolute atomic E-state index is 4.71. The third-order valence-corrected chi connectivity index (χ3v) is 4.83. The topological polar surface area (TPSA) is 37.8 Å². The molecule has 0 saturated carbocycles. The Morgan fingerprint density at radius 2 is 1.95 bits per heavy atom. The summed E-state index contributed by atoms with van der Waals surface area (Å²) in [5.74, 6) is 0. The van der Waals surface area contributed by atoms with E-state index in [-0.39, 0.29) is 5.41 Å². The van der Waals surface area contributed by atoms with E-state index in [0.717, 1.165) is 35.9 Å². The standard InChI is InChI=1S/C14H21N3S2/c1-5-6-15-7-10-8-18-12(16-10)11-9-19-13(17-11)14(2,3)4/h8-9,15H,5-7H2,1-4H3. The summed E-state index contributed by atoms with van der Waals surface area (Å²) >= 11 is 3.40. The van der Waals surface area contributed by atoms with Crippen molar-refractivity contribution in [3.8, 4) is 10.7 Å². The Balaban J connectivity index is 2.08. The van der Waals surface area contributed by atoms with E-state index >= 15 is 0 Å². The van der Waals surface area contributed by atoms with Gasteiger partial charge in [-0.25, -0.2) is 9.97 Å². The molecule has 0 bridgehead atoms. The second-order valence-corrected chi connectivity index (χ2v) is 7.32. The highest BCUT2D eigenvalue weighted by atomic mass is 32.1. The van der Waals surface area contributed by atoms with Crippen LogP contribution in [0.1, 0.15) is 44.8 Å². The Labute approximate surface area is 123 Å². The summed E-state index contributed by atoms with van der Waals surface area (Å²) in [6.07, 6.45) is 1.15. The lowest BCUT2D eigenvalue weighted by molar-refractivity contribution is 0.586. The van der Waals surface area contributed by atoms with Gasteiger partial charge in [0, 0.05) is 22.7 Å². The first kappa shape index (κ1) is 14.6. The van der Waals surface area contributed by atoms with Crippen LogP contribution < -0.4 is 5.32 Å². The highest BCUT2D eigenvalue weighted by molar-refractivity contribution is 7.14. The van der Waals surface area contributed by atoms with E-state index in [0.29, 0.717) is 0 Å². The van der Waals surface area contributed by atoms with Crippen LogP contribution in [0.3, 0.4) is 0 Å². The van der Waals surface area contributed by atoms with E-state index in [4.69, 9.17) is 4.98 Å². The molecule has 2 aromatic rings. The quantitative estimate of drug-likeness (QED) is 0.845. The smallest absolute Gasteiger partial charge is 0.143 e. The molecule has 104 valence electrons. The van der Waals surface area contributed by atoms with Gasteiger partial charge < -0.3 is 5.32 Å². The van der Waals surface area contributed by atoms with Crippen LogP contribution in [-0.2, 0) is 12.0 Å². The Morgan fingerprint density at radius 3 is 2.58 bits per heavy atom. The predicted octanol–water partition coefficient (Wildman–Crippen LogP) is 4.06. The minimum Gasteiger partial charge on any atom is -0.311 e. The molecule has 3 nitrogen and oxygen atoms in total. The van der Waals surface area contributed by atoms with Gasteiger partial charge in [-0.3, -0.25) is 0 Å². The van der Waals surface area contributed by atoms with Crippen molar-refractivity contribution >= 4 is 22.7 Å². The minimum absolute atomic E-state index is 0.117. The first-order valence-corrected chi connectivity index (χ1v) is 8.38. The average Bonchev–Trinajstić information content (AvgIpc) is 2.96. The van der Waals surface area contributed by atoms with Crippen LogP contribution in [0, 0.1) is 0 Å². The molecular weight excluding hydrogens is 274 g/mol. The lowest BCUT2D eigenvalue weighted by atomic mass is 9.98. The molecule has 0 saturated heterocycles. The number of nitrogens with one attached hydrogen (secondary N) is 1. The molecule has 19 heavy (non-hydrogen) atoms. The summed E-state index contributed by atoms with van der Waals surface area (Å²) in [5.41, 5.74) is 2.24. The molecule has 2 aromatic heterocycles. The van der Waals surface area contributed by atoms with Crippen LogP contribution >= 0.6 is 22.7 Å². The van der Waals surface area contributed by atoms with Gasteiger partial charge in [-0.15, -0.1) is 22.7 Å². The Morgan fingerprint density at radius 1 is 1.16 bits per heavy atom. The molecule has 0 atom stereocenters. The van der Waals surface area contributed by atoms with Crippen molar-refractivity contribution in [2.75, 3.05) is 6.54 Å². The van der Waals surface area contributed by atoms with Crippen LogP contribution in [0.5, 0.6) is 0 Å². The summed E-state index contributed by atoms with van der Waals surface area (Å²) < 4.78 is 0. The zero-order valence-electron chi connectivity index (χ0n) is 12.0. The molecule has 0 spiro atoms. The maximum Gasteiger partial charge on any atom is 0.143 e. The highest BCUT2D eigenvalue weighted by Gasteiger charge is 2.19. The Hall–Kier alpha value is -0.780. The molecule has 0 aliphatic rings. The van der Waals surface area contributed by atoms with E-state index in [1.807, 2.05) is 0 Å². The summed E-state index contributed by atoms with van der Waals surface area (Å²) in [5, 5.41) is 9.80. The first-order valence-electron chi connectivity index (χ1n) is 6.62. The van der Waals surface area contributed by atoms with E-state index in [1.54, 1.807) is 22.7 Å². The van der Waals surface area contributed by atoms with Gasteiger partial charge in [-0.05, 0) is 13.0 Å². The molecule has 1 N–H and O–H groups in total. The minimum atomic E-state index is 0.117. The summed E-state index contributed by atoms with van der Waals surface area (Å²) in [4.78, 5) is 9.36. The van der Waals surface area contributed by atoms with Crippen LogP contribution in [0.2, 0.25) is 0 Å². The molecule has 0 aromatic carbocycles. The molecule has 0 fully saturated rings. The Kier molecular flexibility index (Phi) is 4.71. The third-order valence-electron chi connectivity index (χ3n) is 2.65. The largest absolute Gasteiger partial charge is 0.311 e. The van der Waals surface area contributed by atoms with E-state index in [9.17, 15) is 0 Å². The molecule has 0 amide bonds. The summed E-state index contributed by atoms with van der Waals surface area (Å²) in [7, 11) is 0. The molecule has 0 aliphatic carbocycles. The van der Waals surface area contributed by atoms with Gasteiger partial charge in [0.15, 0.2) is 0 Å². The fourth-order valence-corrected chi connectivity index (χ4v) is 3.36. The maximum atomic E-state index is 4.71. The first-order chi connectivity index (χ1) is 9.00. The van der Waals surface area contributed by atoms with Gasteiger partial charge >= 0.3 is 0 Å². The van der Waals surface area contributed by atoms with Crippen molar-refractivity contribution in [3.05, 3.63) is 21.5 Å². The molecule has 0 unspecified atom stereocenters. The van der Waals surface area contributed by atoms with Crippen molar-refractivity contribution in [1.29, 1.82) is 0 Å². The number of hydrogen-bond donors (Lipinski definition) is 1. The van der Waals surface area contributed by atoms with Crippen molar-refractivity contribution in [2.45, 2.75) is 46.1 Å². The van der Waals surface area contributed by atoms with Gasteiger partial charge in [-0.1, -0.05) is 27.7 Å². The SMILES string of the molecule is CCCNCc1csc(-c2csc(C(C)(C)C)n2)n1. The lowest BCUT2D eigenvalue weighted by Crippen LogP contribution is -2.13.